The van der Waals surface area contributed by atoms with Crippen LogP contribution in [0, 0.1) is 5.92 Å². The largest absolute Gasteiger partial charge is 0.393 e. The van der Waals surface area contributed by atoms with Gasteiger partial charge in [0.05, 0.1) is 25.4 Å². The van der Waals surface area contributed by atoms with Crippen molar-refractivity contribution in [3.8, 4) is 0 Å². The molecule has 1 amide bonds. The minimum absolute atomic E-state index is 0.00931. The van der Waals surface area contributed by atoms with Gasteiger partial charge in [-0.3, -0.25) is 4.79 Å². The highest BCUT2D eigenvalue weighted by molar-refractivity contribution is 5.94. The van der Waals surface area contributed by atoms with Crippen LogP contribution in [0.5, 0.6) is 0 Å². The Morgan fingerprint density at radius 2 is 1.83 bits per heavy atom. The second-order valence-corrected chi connectivity index (χ2v) is 7.55. The molecule has 0 spiro atoms. The first-order valence-electron chi connectivity index (χ1n) is 9.41. The zero-order valence-corrected chi connectivity index (χ0v) is 14.2. The first-order chi connectivity index (χ1) is 11.7. The van der Waals surface area contributed by atoms with Gasteiger partial charge < -0.3 is 14.7 Å². The average Bonchev–Trinajstić information content (AvgIpc) is 2.99. The molecular formula is C20H27NO3. The van der Waals surface area contributed by atoms with Crippen molar-refractivity contribution in [3.63, 3.8) is 0 Å². The third-order valence-corrected chi connectivity index (χ3v) is 6.19. The lowest BCUT2D eigenvalue weighted by Gasteiger charge is -2.40. The van der Waals surface area contributed by atoms with E-state index in [2.05, 4.69) is 12.1 Å². The minimum Gasteiger partial charge on any atom is -0.393 e. The predicted octanol–water partition coefficient (Wildman–Crippen LogP) is 2.96. The first kappa shape index (κ1) is 16.1. The molecule has 3 aliphatic rings. The van der Waals surface area contributed by atoms with E-state index in [1.54, 1.807) is 0 Å². The number of aliphatic hydroxyl groups excluding tert-OH is 1. The van der Waals surface area contributed by atoms with Gasteiger partial charge in [0, 0.05) is 18.0 Å². The van der Waals surface area contributed by atoms with Crippen molar-refractivity contribution in [2.45, 2.75) is 56.6 Å². The van der Waals surface area contributed by atoms with Gasteiger partial charge in [0.25, 0.3) is 5.91 Å². The fourth-order valence-electron chi connectivity index (χ4n) is 4.45. The summed E-state index contributed by atoms with van der Waals surface area (Å²) < 4.78 is 5.63. The van der Waals surface area contributed by atoms with Gasteiger partial charge in [-0.2, -0.15) is 0 Å². The maximum absolute atomic E-state index is 13.0. The van der Waals surface area contributed by atoms with Crippen LogP contribution in [0.3, 0.4) is 0 Å². The zero-order chi connectivity index (χ0) is 16.5. The molecule has 1 aromatic rings. The lowest BCUT2D eigenvalue weighted by atomic mass is 9.80. The Bertz CT molecular complexity index is 581. The van der Waals surface area contributed by atoms with Crippen LogP contribution in [0.15, 0.2) is 24.3 Å². The van der Waals surface area contributed by atoms with Gasteiger partial charge in [-0.1, -0.05) is 25.0 Å². The summed E-state index contributed by atoms with van der Waals surface area (Å²) in [5.41, 5.74) is 2.13. The molecule has 0 radical (unpaired) electrons. The van der Waals surface area contributed by atoms with Crippen LogP contribution >= 0.6 is 0 Å². The number of benzene rings is 1. The molecule has 0 aromatic heterocycles. The molecule has 1 N–H and O–H groups in total. The Labute approximate surface area is 143 Å². The Hall–Kier alpha value is -1.39. The predicted molar refractivity (Wildman–Crippen MR) is 92.0 cm³/mol. The maximum atomic E-state index is 13.0. The summed E-state index contributed by atoms with van der Waals surface area (Å²) in [5.74, 6) is 0.935. The Morgan fingerprint density at radius 3 is 2.46 bits per heavy atom. The molecule has 3 atom stereocenters. The summed E-state index contributed by atoms with van der Waals surface area (Å²) in [5, 5.41) is 10.2. The van der Waals surface area contributed by atoms with Crippen molar-refractivity contribution < 1.29 is 14.6 Å². The van der Waals surface area contributed by atoms with E-state index in [1.807, 2.05) is 17.0 Å². The number of hydrogen-bond donors (Lipinski definition) is 1. The van der Waals surface area contributed by atoms with Crippen molar-refractivity contribution >= 4 is 5.91 Å². The fourth-order valence-corrected chi connectivity index (χ4v) is 4.45. The van der Waals surface area contributed by atoms with Crippen LogP contribution in [-0.2, 0) is 4.74 Å². The number of morpholine rings is 1. The summed E-state index contributed by atoms with van der Waals surface area (Å²) in [6.45, 7) is 1.76. The monoisotopic (exact) mass is 329 g/mol. The lowest BCUT2D eigenvalue weighted by Crippen LogP contribution is -2.53. The highest BCUT2D eigenvalue weighted by Crippen LogP contribution is 2.36. The van der Waals surface area contributed by atoms with Gasteiger partial charge in [-0.15, -0.1) is 0 Å². The molecular weight excluding hydrogens is 302 g/mol. The molecule has 1 heterocycles. The van der Waals surface area contributed by atoms with Gasteiger partial charge in [0.1, 0.15) is 0 Å². The molecule has 130 valence electrons. The third kappa shape index (κ3) is 2.98. The minimum atomic E-state index is -0.298. The van der Waals surface area contributed by atoms with E-state index in [4.69, 9.17) is 4.74 Å². The van der Waals surface area contributed by atoms with E-state index < -0.39 is 0 Å². The SMILES string of the molecule is O=C(c1ccc(C2CCC2)cc1)N1CCOCC1C1CCCC1O. The van der Waals surface area contributed by atoms with Crippen LogP contribution in [-0.4, -0.2) is 47.8 Å². The molecule has 2 saturated carbocycles. The van der Waals surface area contributed by atoms with Gasteiger partial charge in [0.2, 0.25) is 0 Å². The summed E-state index contributed by atoms with van der Waals surface area (Å²) in [6.07, 6.45) is 6.45. The van der Waals surface area contributed by atoms with Crippen LogP contribution in [0.2, 0.25) is 0 Å². The highest BCUT2D eigenvalue weighted by atomic mass is 16.5. The normalized spacial score (nSPS) is 31.0. The summed E-state index contributed by atoms with van der Waals surface area (Å²) in [7, 11) is 0. The Kier molecular flexibility index (Phi) is 4.59. The van der Waals surface area contributed by atoms with E-state index in [0.717, 1.165) is 24.8 Å². The molecule has 1 saturated heterocycles. The van der Waals surface area contributed by atoms with Gasteiger partial charge in [0.15, 0.2) is 0 Å². The fraction of sp³-hybridized carbons (Fsp3) is 0.650. The van der Waals surface area contributed by atoms with Crippen LogP contribution < -0.4 is 0 Å². The van der Waals surface area contributed by atoms with Gasteiger partial charge >= 0.3 is 0 Å². The highest BCUT2D eigenvalue weighted by Gasteiger charge is 2.39. The molecule has 4 nitrogen and oxygen atoms in total. The molecule has 3 fully saturated rings. The van der Waals surface area contributed by atoms with E-state index in [9.17, 15) is 9.90 Å². The summed E-state index contributed by atoms with van der Waals surface area (Å²) in [4.78, 5) is 15.0. The molecule has 1 aliphatic heterocycles. The van der Waals surface area contributed by atoms with Crippen molar-refractivity contribution in [2.24, 2.45) is 5.92 Å². The smallest absolute Gasteiger partial charge is 0.254 e. The van der Waals surface area contributed by atoms with Crippen LogP contribution in [0.1, 0.15) is 60.4 Å². The summed E-state index contributed by atoms with van der Waals surface area (Å²) >= 11 is 0. The number of amides is 1. The van der Waals surface area contributed by atoms with Gasteiger partial charge in [-0.05, 0) is 49.3 Å². The van der Waals surface area contributed by atoms with E-state index in [1.165, 1.54) is 24.8 Å². The van der Waals surface area contributed by atoms with Crippen molar-refractivity contribution in [1.82, 2.24) is 4.90 Å². The number of rotatable bonds is 3. The zero-order valence-electron chi connectivity index (χ0n) is 14.2. The molecule has 4 heteroatoms. The van der Waals surface area contributed by atoms with Crippen molar-refractivity contribution in [1.29, 1.82) is 0 Å². The number of hydrogen-bond acceptors (Lipinski definition) is 3. The number of aliphatic hydroxyl groups is 1. The van der Waals surface area contributed by atoms with Gasteiger partial charge in [-0.25, -0.2) is 0 Å². The molecule has 2 aliphatic carbocycles. The Balaban J connectivity index is 1.50. The molecule has 24 heavy (non-hydrogen) atoms. The average molecular weight is 329 g/mol. The van der Waals surface area contributed by atoms with Crippen LogP contribution in [0.4, 0.5) is 0 Å². The van der Waals surface area contributed by atoms with Crippen LogP contribution in [0.25, 0.3) is 0 Å². The van der Waals surface area contributed by atoms with E-state index in [-0.39, 0.29) is 24.0 Å². The molecule has 1 aromatic carbocycles. The van der Waals surface area contributed by atoms with E-state index in [0.29, 0.717) is 25.7 Å². The molecule has 0 bridgehead atoms. The third-order valence-electron chi connectivity index (χ3n) is 6.19. The van der Waals surface area contributed by atoms with Crippen molar-refractivity contribution in [3.05, 3.63) is 35.4 Å². The number of carbonyl (C=O) groups is 1. The summed E-state index contributed by atoms with van der Waals surface area (Å²) in [6, 6.07) is 8.21. The number of nitrogens with zero attached hydrogens (tertiary/aromatic N) is 1. The van der Waals surface area contributed by atoms with Crippen molar-refractivity contribution in [2.75, 3.05) is 19.8 Å². The standard InChI is InChI=1S/C20H27NO3/c22-19-6-2-5-17(19)18-13-24-12-11-21(18)20(23)16-9-7-15(8-10-16)14-3-1-4-14/h7-10,14,17-19,22H,1-6,11-13H2. The topological polar surface area (TPSA) is 49.8 Å². The first-order valence-corrected chi connectivity index (χ1v) is 9.41. The number of ether oxygens (including phenoxy) is 1. The quantitative estimate of drug-likeness (QED) is 0.927. The molecule has 3 unspecified atom stereocenters. The molecule has 4 rings (SSSR count). The second kappa shape index (κ2) is 6.85. The Morgan fingerprint density at radius 1 is 1.08 bits per heavy atom. The number of carbonyl (C=O) groups excluding carboxylic acids is 1. The van der Waals surface area contributed by atoms with E-state index >= 15 is 0 Å². The maximum Gasteiger partial charge on any atom is 0.254 e. The second-order valence-electron chi connectivity index (χ2n) is 7.55. The lowest BCUT2D eigenvalue weighted by molar-refractivity contribution is -0.0383.